The molecular formula is C20H25N3O2. The molecule has 5 heteroatoms. The number of imidazole rings is 1. The van der Waals surface area contributed by atoms with Crippen LogP contribution in [-0.2, 0) is 11.3 Å². The van der Waals surface area contributed by atoms with Crippen molar-refractivity contribution in [1.82, 2.24) is 14.9 Å². The van der Waals surface area contributed by atoms with Gasteiger partial charge >= 0.3 is 6.09 Å². The van der Waals surface area contributed by atoms with Gasteiger partial charge < -0.3 is 14.6 Å². The van der Waals surface area contributed by atoms with E-state index in [1.807, 2.05) is 45.9 Å². The highest BCUT2D eigenvalue weighted by atomic mass is 16.6. The van der Waals surface area contributed by atoms with E-state index in [1.165, 1.54) is 0 Å². The Hall–Kier alpha value is -2.92. The molecule has 0 spiro atoms. The predicted octanol–water partition coefficient (Wildman–Crippen LogP) is 3.94. The van der Waals surface area contributed by atoms with Crippen LogP contribution in [0.25, 0.3) is 11.0 Å². The molecule has 2 rings (SSSR count). The molecule has 1 aromatic carbocycles. The van der Waals surface area contributed by atoms with E-state index in [0.717, 1.165) is 23.0 Å². The van der Waals surface area contributed by atoms with Crippen molar-refractivity contribution < 1.29 is 9.53 Å². The number of amides is 1. The summed E-state index contributed by atoms with van der Waals surface area (Å²) in [5.74, 6) is 3.32. The second-order valence-corrected chi connectivity index (χ2v) is 6.46. The van der Waals surface area contributed by atoms with Gasteiger partial charge in [0.25, 0.3) is 0 Å². The van der Waals surface area contributed by atoms with Crippen LogP contribution in [0.2, 0.25) is 0 Å². The van der Waals surface area contributed by atoms with Crippen molar-refractivity contribution in [2.75, 3.05) is 6.54 Å². The van der Waals surface area contributed by atoms with Crippen LogP contribution in [0, 0.1) is 25.2 Å². The van der Waals surface area contributed by atoms with Gasteiger partial charge in [-0.15, -0.1) is 19.3 Å². The van der Waals surface area contributed by atoms with Crippen LogP contribution in [0.5, 0.6) is 0 Å². The zero-order valence-electron chi connectivity index (χ0n) is 15.3. The highest BCUT2D eigenvalue weighted by molar-refractivity contribution is 5.77. The fourth-order valence-electron chi connectivity index (χ4n) is 2.24. The number of fused-ring (bicyclic) bond motifs is 1. The molecule has 0 aliphatic carbocycles. The van der Waals surface area contributed by atoms with Crippen LogP contribution in [0.1, 0.15) is 45.5 Å². The maximum atomic E-state index is 12.3. The number of carbonyl (C=O) groups is 1. The first-order valence-corrected chi connectivity index (χ1v) is 8.09. The maximum absolute atomic E-state index is 12.3. The van der Waals surface area contributed by atoms with Crippen molar-refractivity contribution in [3.8, 4) is 25.2 Å². The number of H-pyrrole nitrogens is 1. The molecule has 0 saturated heterocycles. The third kappa shape index (κ3) is 5.90. The van der Waals surface area contributed by atoms with E-state index in [0.29, 0.717) is 18.9 Å². The molecule has 1 heterocycles. The van der Waals surface area contributed by atoms with Gasteiger partial charge in [-0.05, 0) is 45.4 Å². The molecule has 0 aliphatic rings. The van der Waals surface area contributed by atoms with Crippen LogP contribution >= 0.6 is 0 Å². The van der Waals surface area contributed by atoms with Crippen LogP contribution in [-0.4, -0.2) is 33.1 Å². The third-order valence-electron chi connectivity index (χ3n) is 3.18. The number of aromatic nitrogens is 2. The van der Waals surface area contributed by atoms with E-state index < -0.39 is 5.60 Å². The van der Waals surface area contributed by atoms with Crippen LogP contribution in [0.4, 0.5) is 4.79 Å². The molecule has 1 aromatic heterocycles. The fraction of sp³-hybridized carbons (Fsp3) is 0.400. The molecule has 0 saturated carbocycles. The summed E-state index contributed by atoms with van der Waals surface area (Å²) in [6.07, 6.45) is 13.9. The number of hydrogen-bond donors (Lipinski definition) is 1. The van der Waals surface area contributed by atoms with Gasteiger partial charge in [0.2, 0.25) is 0 Å². The number of nitrogens with zero attached hydrogens (tertiary/aromatic N) is 2. The number of terminal acetylenes is 2. The van der Waals surface area contributed by atoms with Crippen LogP contribution < -0.4 is 0 Å². The molecule has 0 bridgehead atoms. The fourth-order valence-corrected chi connectivity index (χ4v) is 2.24. The molecule has 5 nitrogen and oxygen atoms in total. The smallest absolute Gasteiger partial charge is 0.410 e. The van der Waals surface area contributed by atoms with Gasteiger partial charge in [-0.2, -0.15) is 0 Å². The lowest BCUT2D eigenvalue weighted by Crippen LogP contribution is -2.37. The Kier molecular flexibility index (Phi) is 7.08. The molecule has 25 heavy (non-hydrogen) atoms. The van der Waals surface area contributed by atoms with E-state index in [2.05, 4.69) is 28.7 Å². The van der Waals surface area contributed by atoms with Crippen LogP contribution in [0.15, 0.2) is 18.2 Å². The van der Waals surface area contributed by atoms with Gasteiger partial charge in [-0.25, -0.2) is 9.78 Å². The topological polar surface area (TPSA) is 58.2 Å². The number of ether oxygens (including phenoxy) is 1. The standard InChI is InChI=1S/C18H23N3O2.C2H2/c1-6-10-21(17(22)23-18(3,4)5)12-16-19-14-9-8-13(7-2)11-15(14)20-16;1-2/h2,8-9,11H,6,10,12H2,1,3-5H3,(H,19,20);1-2H. The number of carbonyl (C=O) groups excluding carboxylic acids is 1. The molecule has 0 radical (unpaired) electrons. The number of nitrogens with one attached hydrogen (secondary N) is 1. The van der Waals surface area contributed by atoms with Crippen molar-refractivity contribution in [1.29, 1.82) is 0 Å². The van der Waals surface area contributed by atoms with E-state index in [1.54, 1.807) is 4.90 Å². The zero-order valence-corrected chi connectivity index (χ0v) is 15.3. The summed E-state index contributed by atoms with van der Waals surface area (Å²) >= 11 is 0. The predicted molar refractivity (Wildman–Crippen MR) is 101 cm³/mol. The second kappa shape index (κ2) is 8.80. The van der Waals surface area contributed by atoms with Crippen LogP contribution in [0.3, 0.4) is 0 Å². The number of hydrogen-bond acceptors (Lipinski definition) is 3. The quantitative estimate of drug-likeness (QED) is 0.858. The molecule has 132 valence electrons. The zero-order chi connectivity index (χ0) is 19.0. The Labute approximate surface area is 149 Å². The molecule has 1 N–H and O–H groups in total. The average Bonchev–Trinajstić information content (AvgIpc) is 2.96. The summed E-state index contributed by atoms with van der Waals surface area (Å²) in [5, 5.41) is 0. The molecule has 0 aliphatic heterocycles. The van der Waals surface area contributed by atoms with Crippen molar-refractivity contribution >= 4 is 17.1 Å². The van der Waals surface area contributed by atoms with Gasteiger partial charge in [0, 0.05) is 12.1 Å². The lowest BCUT2D eigenvalue weighted by Gasteiger charge is -2.26. The SMILES string of the molecule is C#C.C#Cc1ccc2nc(CN(CCC)C(=O)OC(C)(C)C)[nH]c2c1. The lowest BCUT2D eigenvalue weighted by atomic mass is 10.2. The minimum atomic E-state index is -0.515. The molecule has 0 unspecified atom stereocenters. The van der Waals surface area contributed by atoms with Gasteiger partial charge in [0.05, 0.1) is 17.6 Å². The first kappa shape index (κ1) is 20.1. The summed E-state index contributed by atoms with van der Waals surface area (Å²) in [4.78, 5) is 21.7. The third-order valence-corrected chi connectivity index (χ3v) is 3.18. The molecule has 2 aromatic rings. The minimum absolute atomic E-state index is 0.330. The van der Waals surface area contributed by atoms with E-state index in [-0.39, 0.29) is 6.09 Å². The van der Waals surface area contributed by atoms with Crippen molar-refractivity contribution in [2.24, 2.45) is 0 Å². The molecule has 0 fully saturated rings. The number of rotatable bonds is 4. The summed E-state index contributed by atoms with van der Waals surface area (Å²) in [5.41, 5.74) is 1.99. The summed E-state index contributed by atoms with van der Waals surface area (Å²) in [6, 6.07) is 5.61. The highest BCUT2D eigenvalue weighted by Crippen LogP contribution is 2.16. The molecule has 1 amide bonds. The van der Waals surface area contributed by atoms with Gasteiger partial charge in [0.1, 0.15) is 11.4 Å². The van der Waals surface area contributed by atoms with Gasteiger partial charge in [-0.3, -0.25) is 0 Å². The molecular weight excluding hydrogens is 314 g/mol. The Balaban J connectivity index is 0.00000151. The summed E-state index contributed by atoms with van der Waals surface area (Å²) < 4.78 is 5.45. The first-order chi connectivity index (χ1) is 11.8. The maximum Gasteiger partial charge on any atom is 0.410 e. The van der Waals surface area contributed by atoms with Crippen molar-refractivity contribution in [3.63, 3.8) is 0 Å². The largest absolute Gasteiger partial charge is 0.444 e. The van der Waals surface area contributed by atoms with E-state index >= 15 is 0 Å². The second-order valence-electron chi connectivity index (χ2n) is 6.46. The summed E-state index contributed by atoms with van der Waals surface area (Å²) in [7, 11) is 0. The Morgan fingerprint density at radius 2 is 2.04 bits per heavy atom. The average molecular weight is 339 g/mol. The van der Waals surface area contributed by atoms with Gasteiger partial charge in [-0.1, -0.05) is 12.8 Å². The summed E-state index contributed by atoms with van der Waals surface area (Å²) in [6.45, 7) is 8.59. The number of aromatic amines is 1. The first-order valence-electron chi connectivity index (χ1n) is 8.09. The molecule has 0 atom stereocenters. The minimum Gasteiger partial charge on any atom is -0.444 e. The Bertz CT molecular complexity index is 776. The Morgan fingerprint density at radius 1 is 1.36 bits per heavy atom. The highest BCUT2D eigenvalue weighted by Gasteiger charge is 2.22. The lowest BCUT2D eigenvalue weighted by molar-refractivity contribution is 0.0229. The van der Waals surface area contributed by atoms with Crippen molar-refractivity contribution in [3.05, 3.63) is 29.6 Å². The van der Waals surface area contributed by atoms with E-state index in [9.17, 15) is 4.79 Å². The normalized spacial score (nSPS) is 10.4. The van der Waals surface area contributed by atoms with Crippen molar-refractivity contribution in [2.45, 2.75) is 46.3 Å². The number of benzene rings is 1. The monoisotopic (exact) mass is 339 g/mol. The Morgan fingerprint density at radius 3 is 2.60 bits per heavy atom. The van der Waals surface area contributed by atoms with Gasteiger partial charge in [0.15, 0.2) is 0 Å². The van der Waals surface area contributed by atoms with E-state index in [4.69, 9.17) is 11.2 Å².